The largest absolute Gasteiger partial charge is 0.416 e. The number of hydrogen-bond acceptors (Lipinski definition) is 4. The molecular weight excluding hydrogens is 361 g/mol. The van der Waals surface area contributed by atoms with Crippen molar-refractivity contribution >= 4 is 17.6 Å². The van der Waals surface area contributed by atoms with E-state index < -0.39 is 22.4 Å². The molecule has 0 atom stereocenters. The third kappa shape index (κ3) is 4.87. The fourth-order valence-electron chi connectivity index (χ4n) is 2.73. The Morgan fingerprint density at radius 1 is 1.30 bits per heavy atom. The average Bonchev–Trinajstić information content (AvgIpc) is 2.81. The predicted molar refractivity (Wildman–Crippen MR) is 98.1 cm³/mol. The second kappa shape index (κ2) is 7.81. The minimum atomic E-state index is -4.65. The van der Waals surface area contributed by atoms with E-state index in [4.69, 9.17) is 0 Å². The van der Waals surface area contributed by atoms with Gasteiger partial charge in [-0.15, -0.1) is 0 Å². The summed E-state index contributed by atoms with van der Waals surface area (Å²) in [5.74, 6) is 0.465. The Labute approximate surface area is 154 Å². The molecule has 146 valence electrons. The van der Waals surface area contributed by atoms with Crippen LogP contribution in [0.25, 0.3) is 0 Å². The van der Waals surface area contributed by atoms with Crippen molar-refractivity contribution in [3.63, 3.8) is 0 Å². The smallest absolute Gasteiger partial charge is 0.348 e. The van der Waals surface area contributed by atoms with Gasteiger partial charge in [-0.3, -0.25) is 15.5 Å². The maximum Gasteiger partial charge on any atom is 0.416 e. The molecule has 0 saturated heterocycles. The van der Waals surface area contributed by atoms with E-state index in [1.165, 1.54) is 6.21 Å². The maximum absolute atomic E-state index is 12.7. The molecule has 0 unspecified atom stereocenters. The van der Waals surface area contributed by atoms with E-state index in [0.29, 0.717) is 12.0 Å². The molecule has 9 heteroatoms. The van der Waals surface area contributed by atoms with Crippen LogP contribution < -0.4 is 5.43 Å². The van der Waals surface area contributed by atoms with Crippen LogP contribution in [0.15, 0.2) is 29.4 Å². The van der Waals surface area contributed by atoms with Crippen molar-refractivity contribution in [3.05, 3.63) is 56.9 Å². The zero-order valence-electron chi connectivity index (χ0n) is 15.5. The first-order chi connectivity index (χ1) is 12.5. The molecule has 1 aromatic heterocycles. The number of rotatable bonds is 6. The molecule has 0 fully saturated rings. The van der Waals surface area contributed by atoms with Crippen LogP contribution in [0.5, 0.6) is 0 Å². The Morgan fingerprint density at radius 3 is 2.52 bits per heavy atom. The van der Waals surface area contributed by atoms with Crippen LogP contribution in [0.3, 0.4) is 0 Å². The summed E-state index contributed by atoms with van der Waals surface area (Å²) in [5, 5.41) is 15.0. The first-order valence-electron chi connectivity index (χ1n) is 8.32. The van der Waals surface area contributed by atoms with Crippen molar-refractivity contribution in [2.45, 2.75) is 40.4 Å². The Hall–Kier alpha value is -2.84. The Bertz CT molecular complexity index is 870. The molecule has 0 radical (unpaired) electrons. The molecule has 0 aliphatic heterocycles. The molecule has 6 nitrogen and oxygen atoms in total. The third-order valence-corrected chi connectivity index (χ3v) is 4.07. The van der Waals surface area contributed by atoms with E-state index in [0.717, 1.165) is 35.6 Å². The van der Waals surface area contributed by atoms with Crippen LogP contribution in [-0.2, 0) is 12.7 Å². The van der Waals surface area contributed by atoms with E-state index in [-0.39, 0.29) is 5.69 Å². The summed E-state index contributed by atoms with van der Waals surface area (Å²) in [6.07, 6.45) is -3.15. The zero-order valence-corrected chi connectivity index (χ0v) is 15.5. The maximum atomic E-state index is 12.7. The number of hydrogen-bond donors (Lipinski definition) is 1. The normalized spacial score (nSPS) is 12.1. The van der Waals surface area contributed by atoms with E-state index in [2.05, 4.69) is 28.9 Å². The zero-order chi connectivity index (χ0) is 20.4. The molecule has 0 spiro atoms. The lowest BCUT2D eigenvalue weighted by Gasteiger charge is -2.11. The van der Waals surface area contributed by atoms with E-state index >= 15 is 0 Å². The number of aryl methyl sites for hydroxylation is 1. The first-order valence-corrected chi connectivity index (χ1v) is 8.32. The number of nitro benzene ring substituents is 1. The second-order valence-electron chi connectivity index (χ2n) is 6.69. The first kappa shape index (κ1) is 20.5. The van der Waals surface area contributed by atoms with Gasteiger partial charge in [0, 0.05) is 29.6 Å². The summed E-state index contributed by atoms with van der Waals surface area (Å²) >= 11 is 0. The molecule has 1 N–H and O–H groups in total. The molecule has 2 aromatic rings. The number of nitrogens with zero attached hydrogens (tertiary/aromatic N) is 3. The van der Waals surface area contributed by atoms with Gasteiger partial charge in [-0.2, -0.15) is 18.3 Å². The van der Waals surface area contributed by atoms with Crippen LogP contribution >= 0.6 is 0 Å². The Kier molecular flexibility index (Phi) is 5.92. The van der Waals surface area contributed by atoms with Crippen LogP contribution in [0.4, 0.5) is 24.5 Å². The summed E-state index contributed by atoms with van der Waals surface area (Å²) in [4.78, 5) is 10.2. The minimum Gasteiger partial charge on any atom is -0.348 e. The van der Waals surface area contributed by atoms with Crippen LogP contribution in [-0.4, -0.2) is 15.7 Å². The summed E-state index contributed by atoms with van der Waals surface area (Å²) in [6, 6.07) is 4.20. The van der Waals surface area contributed by atoms with Gasteiger partial charge in [-0.05, 0) is 38.0 Å². The molecule has 0 saturated carbocycles. The number of nitrogens with one attached hydrogen (secondary N) is 1. The lowest BCUT2D eigenvalue weighted by Crippen LogP contribution is -2.08. The topological polar surface area (TPSA) is 72.5 Å². The van der Waals surface area contributed by atoms with Crippen molar-refractivity contribution in [1.29, 1.82) is 0 Å². The van der Waals surface area contributed by atoms with Crippen molar-refractivity contribution in [2.75, 3.05) is 5.43 Å². The number of alkyl halides is 3. The molecule has 27 heavy (non-hydrogen) atoms. The van der Waals surface area contributed by atoms with Gasteiger partial charge in [0.05, 0.1) is 16.7 Å². The number of anilines is 1. The minimum absolute atomic E-state index is 0.111. The second-order valence-corrected chi connectivity index (χ2v) is 6.69. The Balaban J connectivity index is 2.25. The van der Waals surface area contributed by atoms with Crippen LogP contribution in [0.1, 0.15) is 36.4 Å². The summed E-state index contributed by atoms with van der Waals surface area (Å²) in [7, 11) is 0. The molecule has 1 aromatic carbocycles. The van der Waals surface area contributed by atoms with Crippen molar-refractivity contribution in [1.82, 2.24) is 4.57 Å². The lowest BCUT2D eigenvalue weighted by atomic mass is 10.1. The quantitative estimate of drug-likeness (QED) is 0.427. The van der Waals surface area contributed by atoms with Gasteiger partial charge in [0.15, 0.2) is 0 Å². The highest BCUT2D eigenvalue weighted by molar-refractivity contribution is 5.82. The van der Waals surface area contributed by atoms with E-state index in [1.807, 2.05) is 19.9 Å². The van der Waals surface area contributed by atoms with E-state index in [1.54, 1.807) is 0 Å². The SMILES string of the molecule is Cc1cc(C=NNc2ccc(C(F)(F)F)cc2[N+](=O)[O-])c(C)n1CC(C)C. The summed E-state index contributed by atoms with van der Waals surface area (Å²) in [5.41, 5.74) is 3.47. The summed E-state index contributed by atoms with van der Waals surface area (Å²) in [6.45, 7) is 8.98. The third-order valence-electron chi connectivity index (χ3n) is 4.07. The van der Waals surface area contributed by atoms with Gasteiger partial charge in [0.1, 0.15) is 5.69 Å². The lowest BCUT2D eigenvalue weighted by molar-refractivity contribution is -0.384. The van der Waals surface area contributed by atoms with Crippen LogP contribution in [0.2, 0.25) is 0 Å². The molecule has 0 aliphatic carbocycles. The van der Waals surface area contributed by atoms with Crippen molar-refractivity contribution in [3.8, 4) is 0 Å². The molecule has 0 aliphatic rings. The standard InChI is InChI=1S/C18H21F3N4O2/c1-11(2)10-24-12(3)7-14(13(24)4)9-22-23-16-6-5-15(18(19,20)21)8-17(16)25(26)27/h5-9,11,23H,10H2,1-4H3. The molecular formula is C18H21F3N4O2. The van der Waals surface area contributed by atoms with E-state index in [9.17, 15) is 23.3 Å². The highest BCUT2D eigenvalue weighted by Gasteiger charge is 2.33. The van der Waals surface area contributed by atoms with Gasteiger partial charge in [0.25, 0.3) is 5.69 Å². The number of aromatic nitrogens is 1. The highest BCUT2D eigenvalue weighted by Crippen LogP contribution is 2.34. The highest BCUT2D eigenvalue weighted by atomic mass is 19.4. The van der Waals surface area contributed by atoms with Gasteiger partial charge in [-0.1, -0.05) is 13.8 Å². The number of benzene rings is 1. The van der Waals surface area contributed by atoms with Crippen LogP contribution in [0, 0.1) is 29.9 Å². The fourth-order valence-corrected chi connectivity index (χ4v) is 2.73. The van der Waals surface area contributed by atoms with Crippen molar-refractivity contribution in [2.24, 2.45) is 11.0 Å². The molecule has 0 bridgehead atoms. The summed E-state index contributed by atoms with van der Waals surface area (Å²) < 4.78 is 40.4. The average molecular weight is 382 g/mol. The fraction of sp³-hybridized carbons (Fsp3) is 0.389. The molecule has 0 amide bonds. The number of halogens is 3. The monoisotopic (exact) mass is 382 g/mol. The van der Waals surface area contributed by atoms with Gasteiger partial charge in [0.2, 0.25) is 0 Å². The van der Waals surface area contributed by atoms with Gasteiger partial charge in [-0.25, -0.2) is 0 Å². The molecule has 1 heterocycles. The van der Waals surface area contributed by atoms with Gasteiger partial charge >= 0.3 is 6.18 Å². The number of nitro groups is 1. The number of hydrazone groups is 1. The molecule has 2 rings (SSSR count). The predicted octanol–water partition coefficient (Wildman–Crippen LogP) is 5.13. The van der Waals surface area contributed by atoms with Gasteiger partial charge < -0.3 is 4.57 Å². The van der Waals surface area contributed by atoms with Crippen molar-refractivity contribution < 1.29 is 18.1 Å². The Morgan fingerprint density at radius 2 is 1.96 bits per heavy atom.